The van der Waals surface area contributed by atoms with Crippen molar-refractivity contribution in [2.75, 3.05) is 6.54 Å². The van der Waals surface area contributed by atoms with E-state index in [0.717, 1.165) is 36.8 Å². The Hall–Kier alpha value is -3.41. The van der Waals surface area contributed by atoms with Crippen LogP contribution in [0.2, 0.25) is 0 Å². The molecule has 6 nitrogen and oxygen atoms in total. The molecule has 0 saturated heterocycles. The van der Waals surface area contributed by atoms with Gasteiger partial charge in [0.25, 0.3) is 5.91 Å². The molecule has 2 heterocycles. The number of nitrogens with zero attached hydrogens (tertiary/aromatic N) is 2. The first kappa shape index (κ1) is 21.8. The molecule has 166 valence electrons. The summed E-state index contributed by atoms with van der Waals surface area (Å²) in [6.07, 6.45) is 9.62. The van der Waals surface area contributed by atoms with Gasteiger partial charge in [-0.2, -0.15) is 0 Å². The SMILES string of the molecule is Cc1ccccc1CCN(C(=O)c1ccco1)C(C(=O)NC1CCCC1)c1cccnc1. The topological polar surface area (TPSA) is 75.4 Å². The molecule has 2 amide bonds. The number of hydrogen-bond acceptors (Lipinski definition) is 4. The molecule has 0 bridgehead atoms. The summed E-state index contributed by atoms with van der Waals surface area (Å²) in [4.78, 5) is 32.9. The summed E-state index contributed by atoms with van der Waals surface area (Å²) in [6.45, 7) is 2.43. The third kappa shape index (κ3) is 5.07. The van der Waals surface area contributed by atoms with Crippen molar-refractivity contribution in [3.8, 4) is 0 Å². The van der Waals surface area contributed by atoms with E-state index < -0.39 is 6.04 Å². The van der Waals surface area contributed by atoms with Crippen LogP contribution in [-0.4, -0.2) is 34.3 Å². The summed E-state index contributed by atoms with van der Waals surface area (Å²) >= 11 is 0. The van der Waals surface area contributed by atoms with Crippen molar-refractivity contribution in [2.45, 2.75) is 51.1 Å². The van der Waals surface area contributed by atoms with Gasteiger partial charge in [-0.15, -0.1) is 0 Å². The zero-order valence-electron chi connectivity index (χ0n) is 18.4. The van der Waals surface area contributed by atoms with Crippen LogP contribution >= 0.6 is 0 Å². The number of aromatic nitrogens is 1. The Kier molecular flexibility index (Phi) is 7.00. The largest absolute Gasteiger partial charge is 0.459 e. The van der Waals surface area contributed by atoms with Gasteiger partial charge in [0.2, 0.25) is 5.91 Å². The second-order valence-corrected chi connectivity index (χ2v) is 8.33. The number of rotatable bonds is 8. The minimum absolute atomic E-state index is 0.151. The highest BCUT2D eigenvalue weighted by Crippen LogP contribution is 2.26. The molecule has 0 aliphatic heterocycles. The average molecular weight is 432 g/mol. The number of aryl methyl sites for hydroxylation is 1. The Bertz CT molecular complexity index is 1030. The predicted octanol–water partition coefficient (Wildman–Crippen LogP) is 4.47. The van der Waals surface area contributed by atoms with Crippen LogP contribution in [0.25, 0.3) is 0 Å². The Balaban J connectivity index is 1.67. The number of carbonyl (C=O) groups is 2. The van der Waals surface area contributed by atoms with Crippen molar-refractivity contribution >= 4 is 11.8 Å². The monoisotopic (exact) mass is 431 g/mol. The van der Waals surface area contributed by atoms with Crippen molar-refractivity contribution in [2.24, 2.45) is 0 Å². The van der Waals surface area contributed by atoms with Crippen LogP contribution in [0.3, 0.4) is 0 Å². The number of pyridine rings is 1. The van der Waals surface area contributed by atoms with Gasteiger partial charge in [-0.25, -0.2) is 0 Å². The van der Waals surface area contributed by atoms with Crippen molar-refractivity contribution < 1.29 is 14.0 Å². The molecule has 1 atom stereocenters. The molecule has 6 heteroatoms. The van der Waals surface area contributed by atoms with Gasteiger partial charge >= 0.3 is 0 Å². The normalized spacial score (nSPS) is 14.8. The fraction of sp³-hybridized carbons (Fsp3) is 0.346. The van der Waals surface area contributed by atoms with Crippen molar-refractivity contribution in [1.29, 1.82) is 0 Å². The lowest BCUT2D eigenvalue weighted by Gasteiger charge is -2.31. The molecule has 1 aromatic carbocycles. The summed E-state index contributed by atoms with van der Waals surface area (Å²) in [5.41, 5.74) is 2.99. The lowest BCUT2D eigenvalue weighted by molar-refractivity contribution is -0.126. The van der Waals surface area contributed by atoms with Crippen LogP contribution in [0.1, 0.15) is 59.0 Å². The summed E-state index contributed by atoms with van der Waals surface area (Å²) in [5.74, 6) is -0.258. The summed E-state index contributed by atoms with van der Waals surface area (Å²) in [7, 11) is 0. The van der Waals surface area contributed by atoms with E-state index in [4.69, 9.17) is 4.42 Å². The van der Waals surface area contributed by atoms with E-state index in [2.05, 4.69) is 29.4 Å². The van der Waals surface area contributed by atoms with Gasteiger partial charge in [0.15, 0.2) is 5.76 Å². The maximum atomic E-state index is 13.5. The molecule has 1 aliphatic rings. The molecule has 32 heavy (non-hydrogen) atoms. The minimum Gasteiger partial charge on any atom is -0.459 e. The van der Waals surface area contributed by atoms with Crippen LogP contribution in [0.5, 0.6) is 0 Å². The highest BCUT2D eigenvalue weighted by Gasteiger charge is 2.34. The minimum atomic E-state index is -0.786. The van der Waals surface area contributed by atoms with Gasteiger partial charge in [-0.05, 0) is 55.5 Å². The van der Waals surface area contributed by atoms with E-state index in [0.29, 0.717) is 18.5 Å². The van der Waals surface area contributed by atoms with Gasteiger partial charge in [-0.3, -0.25) is 14.6 Å². The third-order valence-corrected chi connectivity index (χ3v) is 6.14. The van der Waals surface area contributed by atoms with E-state index in [-0.39, 0.29) is 23.6 Å². The van der Waals surface area contributed by atoms with E-state index >= 15 is 0 Å². The Morgan fingerprint density at radius 1 is 1.12 bits per heavy atom. The van der Waals surface area contributed by atoms with Crippen LogP contribution in [-0.2, 0) is 11.2 Å². The molecular weight excluding hydrogens is 402 g/mol. The van der Waals surface area contributed by atoms with E-state index in [9.17, 15) is 9.59 Å². The molecule has 1 fully saturated rings. The summed E-state index contributed by atoms with van der Waals surface area (Å²) < 4.78 is 5.41. The van der Waals surface area contributed by atoms with Crippen molar-refractivity contribution in [1.82, 2.24) is 15.2 Å². The smallest absolute Gasteiger partial charge is 0.290 e. The first-order valence-corrected chi connectivity index (χ1v) is 11.2. The fourth-order valence-corrected chi connectivity index (χ4v) is 4.38. The van der Waals surface area contributed by atoms with Crippen molar-refractivity contribution in [3.63, 3.8) is 0 Å². The van der Waals surface area contributed by atoms with E-state index in [1.165, 1.54) is 6.26 Å². The standard InChI is InChI=1S/C26H29N3O3/c1-19-8-2-3-9-20(19)14-16-29(26(31)23-13-7-17-32-23)24(21-10-6-15-27-18-21)25(30)28-22-11-4-5-12-22/h2-3,6-10,13,15,17-18,22,24H,4-5,11-12,14,16H2,1H3,(H,28,30). The number of nitrogens with one attached hydrogen (secondary N) is 1. The van der Waals surface area contributed by atoms with Crippen LogP contribution < -0.4 is 5.32 Å². The number of furan rings is 1. The molecule has 1 saturated carbocycles. The van der Waals surface area contributed by atoms with E-state index in [1.54, 1.807) is 35.5 Å². The zero-order valence-corrected chi connectivity index (χ0v) is 18.4. The molecule has 1 aliphatic carbocycles. The zero-order chi connectivity index (χ0) is 22.3. The fourth-order valence-electron chi connectivity index (χ4n) is 4.38. The van der Waals surface area contributed by atoms with Crippen LogP contribution in [0, 0.1) is 6.92 Å². The van der Waals surface area contributed by atoms with Gasteiger partial charge < -0.3 is 14.6 Å². The molecule has 0 spiro atoms. The number of hydrogen-bond donors (Lipinski definition) is 1. The lowest BCUT2D eigenvalue weighted by atomic mass is 10.0. The van der Waals surface area contributed by atoms with Crippen LogP contribution in [0.4, 0.5) is 0 Å². The molecule has 1 unspecified atom stereocenters. The highest BCUT2D eigenvalue weighted by atomic mass is 16.3. The maximum Gasteiger partial charge on any atom is 0.290 e. The first-order chi connectivity index (χ1) is 15.6. The summed E-state index contributed by atoms with van der Waals surface area (Å²) in [5, 5.41) is 3.18. The van der Waals surface area contributed by atoms with E-state index in [1.807, 2.05) is 18.2 Å². The van der Waals surface area contributed by atoms with Gasteiger partial charge in [0.1, 0.15) is 6.04 Å². The van der Waals surface area contributed by atoms with Crippen LogP contribution in [0.15, 0.2) is 71.6 Å². The maximum absolute atomic E-state index is 13.5. The van der Waals surface area contributed by atoms with Crippen molar-refractivity contribution in [3.05, 3.63) is 89.6 Å². The van der Waals surface area contributed by atoms with Gasteiger partial charge in [0.05, 0.1) is 6.26 Å². The number of benzene rings is 1. The molecular formula is C26H29N3O3. The highest BCUT2D eigenvalue weighted by molar-refractivity contribution is 5.96. The molecule has 1 N–H and O–H groups in total. The number of carbonyl (C=O) groups excluding carboxylic acids is 2. The average Bonchev–Trinajstić information content (AvgIpc) is 3.52. The molecule has 2 aromatic heterocycles. The second kappa shape index (κ2) is 10.3. The van der Waals surface area contributed by atoms with Gasteiger partial charge in [0, 0.05) is 30.5 Å². The third-order valence-electron chi connectivity index (χ3n) is 6.14. The molecule has 3 aromatic rings. The predicted molar refractivity (Wildman–Crippen MR) is 122 cm³/mol. The Labute approximate surface area is 188 Å². The Morgan fingerprint density at radius 3 is 2.62 bits per heavy atom. The lowest BCUT2D eigenvalue weighted by Crippen LogP contribution is -2.46. The summed E-state index contributed by atoms with van der Waals surface area (Å²) in [6, 6.07) is 14.4. The quantitative estimate of drug-likeness (QED) is 0.571. The number of amides is 2. The molecule has 4 rings (SSSR count). The second-order valence-electron chi connectivity index (χ2n) is 8.33. The molecule has 0 radical (unpaired) electrons. The first-order valence-electron chi connectivity index (χ1n) is 11.2. The van der Waals surface area contributed by atoms with Gasteiger partial charge in [-0.1, -0.05) is 43.2 Å². The Morgan fingerprint density at radius 2 is 1.94 bits per heavy atom.